The molecule has 0 saturated carbocycles. The van der Waals surface area contributed by atoms with Gasteiger partial charge in [-0.25, -0.2) is 13.2 Å². The molecule has 0 spiro atoms. The highest BCUT2D eigenvalue weighted by Crippen LogP contribution is 2.32. The summed E-state index contributed by atoms with van der Waals surface area (Å²) in [6.45, 7) is 7.12. The van der Waals surface area contributed by atoms with Gasteiger partial charge in [0.2, 0.25) is 5.91 Å². The molecule has 1 aromatic carbocycles. The number of carbonyl (C=O) groups excluding carboxylic acids is 2. The fourth-order valence-electron chi connectivity index (χ4n) is 2.53. The SMILES string of the molecule is CC(=CC(=O)NC(C)(C)C)OC(=O)c1cc(NCc2ccco2)c(Cl)c(S(C)(=O)=O)c1. The Bertz CT molecular complexity index is 1100. The van der Waals surface area contributed by atoms with Crippen molar-refractivity contribution in [2.24, 2.45) is 0 Å². The number of carbonyl (C=O) groups is 2. The van der Waals surface area contributed by atoms with Crippen molar-refractivity contribution in [1.82, 2.24) is 5.32 Å². The molecule has 10 heteroatoms. The zero-order chi connectivity index (χ0) is 23.4. The number of hydrogen-bond acceptors (Lipinski definition) is 7. The molecule has 168 valence electrons. The highest BCUT2D eigenvalue weighted by Gasteiger charge is 2.21. The summed E-state index contributed by atoms with van der Waals surface area (Å²) in [6.07, 6.45) is 3.63. The highest BCUT2D eigenvalue weighted by atomic mass is 35.5. The molecule has 2 aromatic rings. The molecule has 31 heavy (non-hydrogen) atoms. The van der Waals surface area contributed by atoms with Crippen LogP contribution in [0.4, 0.5) is 5.69 Å². The number of hydrogen-bond donors (Lipinski definition) is 2. The van der Waals surface area contributed by atoms with E-state index in [2.05, 4.69) is 10.6 Å². The van der Waals surface area contributed by atoms with E-state index in [-0.39, 0.29) is 33.5 Å². The summed E-state index contributed by atoms with van der Waals surface area (Å²) < 4.78 is 34.8. The zero-order valence-corrected chi connectivity index (χ0v) is 19.5. The van der Waals surface area contributed by atoms with Gasteiger partial charge in [-0.05, 0) is 52.0 Å². The summed E-state index contributed by atoms with van der Waals surface area (Å²) >= 11 is 6.26. The average Bonchev–Trinajstić information content (AvgIpc) is 3.11. The summed E-state index contributed by atoms with van der Waals surface area (Å²) in [6, 6.07) is 5.96. The van der Waals surface area contributed by atoms with Gasteiger partial charge in [0.05, 0.1) is 34.0 Å². The first-order valence-corrected chi connectivity index (χ1v) is 11.6. The van der Waals surface area contributed by atoms with Gasteiger partial charge in [0, 0.05) is 17.9 Å². The van der Waals surface area contributed by atoms with E-state index in [1.54, 1.807) is 12.1 Å². The zero-order valence-electron chi connectivity index (χ0n) is 17.9. The molecule has 8 nitrogen and oxygen atoms in total. The van der Waals surface area contributed by atoms with Gasteiger partial charge < -0.3 is 19.8 Å². The lowest BCUT2D eigenvalue weighted by molar-refractivity contribution is -0.117. The number of esters is 1. The second kappa shape index (κ2) is 9.57. The Morgan fingerprint density at radius 1 is 1.26 bits per heavy atom. The fourth-order valence-corrected chi connectivity index (χ4v) is 3.91. The molecular weight excluding hydrogens is 444 g/mol. The van der Waals surface area contributed by atoms with Crippen LogP contribution in [0.5, 0.6) is 0 Å². The average molecular weight is 469 g/mol. The number of anilines is 1. The summed E-state index contributed by atoms with van der Waals surface area (Å²) in [4.78, 5) is 24.4. The second-order valence-electron chi connectivity index (χ2n) is 7.92. The third-order valence-electron chi connectivity index (χ3n) is 3.79. The minimum Gasteiger partial charge on any atom is -0.467 e. The predicted molar refractivity (Wildman–Crippen MR) is 118 cm³/mol. The van der Waals surface area contributed by atoms with E-state index in [0.717, 1.165) is 18.4 Å². The number of amides is 1. The van der Waals surface area contributed by atoms with Crippen LogP contribution in [0.25, 0.3) is 0 Å². The van der Waals surface area contributed by atoms with Crippen LogP contribution < -0.4 is 10.6 Å². The molecule has 2 rings (SSSR count). The van der Waals surface area contributed by atoms with E-state index in [4.69, 9.17) is 20.8 Å². The van der Waals surface area contributed by atoms with Crippen molar-refractivity contribution in [3.63, 3.8) is 0 Å². The third-order valence-corrected chi connectivity index (χ3v) is 5.43. The molecule has 0 aliphatic carbocycles. The number of allylic oxidation sites excluding steroid dienone is 1. The Morgan fingerprint density at radius 2 is 1.94 bits per heavy atom. The second-order valence-corrected chi connectivity index (χ2v) is 10.3. The lowest BCUT2D eigenvalue weighted by Crippen LogP contribution is -2.39. The Morgan fingerprint density at radius 3 is 2.48 bits per heavy atom. The predicted octanol–water partition coefficient (Wildman–Crippen LogP) is 3.92. The molecule has 1 heterocycles. The molecule has 0 fully saturated rings. The maximum Gasteiger partial charge on any atom is 0.343 e. The number of benzene rings is 1. The largest absolute Gasteiger partial charge is 0.467 e. The first kappa shape index (κ1) is 24.5. The van der Waals surface area contributed by atoms with Crippen molar-refractivity contribution < 1.29 is 27.2 Å². The normalized spacial score (nSPS) is 12.4. The molecule has 1 amide bonds. The van der Waals surface area contributed by atoms with Gasteiger partial charge in [-0.2, -0.15) is 0 Å². The minimum atomic E-state index is -3.73. The van der Waals surface area contributed by atoms with E-state index in [0.29, 0.717) is 5.76 Å². The molecule has 2 N–H and O–H groups in total. The van der Waals surface area contributed by atoms with Crippen LogP contribution in [0.3, 0.4) is 0 Å². The van der Waals surface area contributed by atoms with Crippen molar-refractivity contribution in [2.45, 2.75) is 44.7 Å². The summed E-state index contributed by atoms with van der Waals surface area (Å²) in [5, 5.41) is 5.62. The van der Waals surface area contributed by atoms with Crippen LogP contribution in [0.1, 0.15) is 43.8 Å². The molecule has 0 bridgehead atoms. The van der Waals surface area contributed by atoms with Crippen molar-refractivity contribution in [2.75, 3.05) is 11.6 Å². The van der Waals surface area contributed by atoms with Crippen molar-refractivity contribution >= 4 is 39.0 Å². The number of sulfone groups is 1. The number of rotatable bonds is 7. The van der Waals surface area contributed by atoms with E-state index >= 15 is 0 Å². The van der Waals surface area contributed by atoms with Crippen molar-refractivity contribution in [3.05, 3.63) is 58.7 Å². The Kier molecular flexibility index (Phi) is 7.56. The van der Waals surface area contributed by atoms with E-state index in [1.165, 1.54) is 19.3 Å². The lowest BCUT2D eigenvalue weighted by Gasteiger charge is -2.19. The van der Waals surface area contributed by atoms with Gasteiger partial charge in [0.1, 0.15) is 11.5 Å². The van der Waals surface area contributed by atoms with E-state index in [1.807, 2.05) is 20.8 Å². The van der Waals surface area contributed by atoms with Crippen molar-refractivity contribution in [3.8, 4) is 0 Å². The van der Waals surface area contributed by atoms with Crippen molar-refractivity contribution in [1.29, 1.82) is 0 Å². The van der Waals surface area contributed by atoms with Gasteiger partial charge in [-0.15, -0.1) is 0 Å². The van der Waals surface area contributed by atoms with Gasteiger partial charge in [-0.3, -0.25) is 4.79 Å². The number of halogens is 1. The highest BCUT2D eigenvalue weighted by molar-refractivity contribution is 7.90. The Balaban J connectivity index is 2.30. The molecular formula is C21H25ClN2O6S. The van der Waals surface area contributed by atoms with Gasteiger partial charge in [-0.1, -0.05) is 11.6 Å². The molecule has 0 aliphatic rings. The topological polar surface area (TPSA) is 115 Å². The standard InChI is InChI=1S/C21H25ClN2O6S/c1-13(9-18(25)24-21(2,3)4)30-20(26)14-10-16(23-12-15-7-6-8-29-15)19(22)17(11-14)31(5,27)28/h6-11,23H,12H2,1-5H3,(H,24,25). The number of nitrogens with one attached hydrogen (secondary N) is 2. The van der Waals surface area contributed by atoms with Crippen LogP contribution >= 0.6 is 11.6 Å². The quantitative estimate of drug-likeness (QED) is 0.359. The van der Waals surface area contributed by atoms with Crippen LogP contribution in [0.2, 0.25) is 5.02 Å². The summed E-state index contributed by atoms with van der Waals surface area (Å²) in [5.74, 6) is -0.618. The van der Waals surface area contributed by atoms with Crippen LogP contribution in [-0.2, 0) is 25.9 Å². The van der Waals surface area contributed by atoms with Gasteiger partial charge in [0.15, 0.2) is 9.84 Å². The molecule has 0 atom stereocenters. The third kappa shape index (κ3) is 7.45. The molecule has 0 unspecified atom stereocenters. The smallest absolute Gasteiger partial charge is 0.343 e. The molecule has 1 aromatic heterocycles. The van der Waals surface area contributed by atoms with Crippen LogP contribution in [-0.4, -0.2) is 32.1 Å². The minimum absolute atomic E-state index is 0.0456. The molecule has 0 aliphatic heterocycles. The maximum absolute atomic E-state index is 12.6. The number of ether oxygens (including phenoxy) is 1. The van der Waals surface area contributed by atoms with Gasteiger partial charge >= 0.3 is 5.97 Å². The van der Waals surface area contributed by atoms with Crippen LogP contribution in [0.15, 0.2) is 51.7 Å². The van der Waals surface area contributed by atoms with Gasteiger partial charge in [0.25, 0.3) is 0 Å². The number of furan rings is 1. The van der Waals surface area contributed by atoms with Crippen LogP contribution in [0, 0.1) is 0 Å². The van der Waals surface area contributed by atoms with E-state index in [9.17, 15) is 18.0 Å². The van der Waals surface area contributed by atoms with E-state index < -0.39 is 27.3 Å². The first-order chi connectivity index (χ1) is 14.3. The Labute approximate surface area is 186 Å². The lowest BCUT2D eigenvalue weighted by atomic mass is 10.1. The first-order valence-electron chi connectivity index (χ1n) is 9.29. The fraction of sp³-hybridized carbons (Fsp3) is 0.333. The summed E-state index contributed by atoms with van der Waals surface area (Å²) in [5.41, 5.74) is -0.275. The molecule has 0 saturated heterocycles. The maximum atomic E-state index is 12.6. The monoisotopic (exact) mass is 468 g/mol. The Hall–Kier alpha value is -2.78. The summed E-state index contributed by atoms with van der Waals surface area (Å²) in [7, 11) is -3.73. The molecule has 0 radical (unpaired) electrons.